The second kappa shape index (κ2) is 19.9. The monoisotopic (exact) mass is 613 g/mol. The normalized spacial score (nSPS) is 10.7. The van der Waals surface area contributed by atoms with E-state index in [4.69, 9.17) is 9.47 Å². The molecule has 1 unspecified atom stereocenters. The molecule has 5 nitrogen and oxygen atoms in total. The summed E-state index contributed by atoms with van der Waals surface area (Å²) in [5.74, 6) is -0.408. The number of benzene rings is 4. The number of hydrogen-bond donors (Lipinski definition) is 0. The number of ether oxygens (including phenoxy) is 2. The van der Waals surface area contributed by atoms with Crippen LogP contribution in [0.25, 0.3) is 11.1 Å². The first-order chi connectivity index (χ1) is 22.5. The van der Waals surface area contributed by atoms with E-state index in [0.717, 1.165) is 40.7 Å². The predicted octanol–water partition coefficient (Wildman–Crippen LogP) is 9.45. The first kappa shape index (κ1) is 35.3. The lowest BCUT2D eigenvalue weighted by Gasteiger charge is -2.14. The van der Waals surface area contributed by atoms with Crippen LogP contribution in [-0.4, -0.2) is 25.2 Å². The molecule has 0 spiro atoms. The highest BCUT2D eigenvalue weighted by molar-refractivity contribution is 6.05. The van der Waals surface area contributed by atoms with Crippen molar-refractivity contribution in [3.63, 3.8) is 0 Å². The summed E-state index contributed by atoms with van der Waals surface area (Å²) < 4.78 is 10.5. The zero-order chi connectivity index (χ0) is 33.0. The Kier molecular flexibility index (Phi) is 15.3. The van der Waals surface area contributed by atoms with Gasteiger partial charge in [0.05, 0.1) is 13.2 Å². The summed E-state index contributed by atoms with van der Waals surface area (Å²) in [4.78, 5) is 24.5. The van der Waals surface area contributed by atoms with Crippen LogP contribution in [0.1, 0.15) is 68.7 Å². The lowest BCUT2D eigenvalue weighted by atomic mass is 9.93. The fraction of sp³-hybridized carbons (Fsp3) is 0.244. The summed E-state index contributed by atoms with van der Waals surface area (Å²) in [5, 5.41) is 9.41. The number of nitriles is 1. The average Bonchev–Trinajstić information content (AvgIpc) is 3.11. The fourth-order valence-electron chi connectivity index (χ4n) is 4.90. The first-order valence-corrected chi connectivity index (χ1v) is 15.9. The van der Waals surface area contributed by atoms with Gasteiger partial charge in [0.25, 0.3) is 0 Å². The van der Waals surface area contributed by atoms with Crippen molar-refractivity contribution < 1.29 is 19.1 Å². The number of unbranched alkanes of at least 4 members (excludes halogenated alkanes) is 1. The van der Waals surface area contributed by atoms with Crippen LogP contribution in [0.15, 0.2) is 133 Å². The molecule has 0 N–H and O–H groups in total. The van der Waals surface area contributed by atoms with Crippen LogP contribution in [0.4, 0.5) is 0 Å². The SMILES string of the molecule is CCCCC(CC)COC(=O)C=C(c1ccccc1)c1ccccc1.CCOC(=O)C(C#N)=C(c1ccccc1)c1ccccc1. The molecule has 0 aliphatic heterocycles. The molecule has 1 atom stereocenters. The summed E-state index contributed by atoms with van der Waals surface area (Å²) >= 11 is 0. The molecule has 4 aromatic carbocycles. The molecular formula is C41H43NO4. The standard InChI is InChI=1S/C23H28O2.C18H15NO2/c1-3-5-12-19(4-2)18-25-23(24)17-22(20-13-8-6-9-14-20)21-15-10-7-11-16-21;1-2-21-18(20)16(13-19)17(14-9-5-3-6-10-14)15-11-7-4-8-12-15/h6-11,13-17,19H,3-5,12,18H2,1-2H3;3-12H,2H2,1H3. The molecule has 0 bridgehead atoms. The fourth-order valence-corrected chi connectivity index (χ4v) is 4.90. The number of carbonyl (C=O) groups is 2. The van der Waals surface area contributed by atoms with Crippen molar-refractivity contribution in [3.8, 4) is 6.07 Å². The Morgan fingerprint density at radius 3 is 1.54 bits per heavy atom. The van der Waals surface area contributed by atoms with Gasteiger partial charge in [-0.2, -0.15) is 5.26 Å². The highest BCUT2D eigenvalue weighted by Crippen LogP contribution is 2.27. The van der Waals surface area contributed by atoms with E-state index < -0.39 is 5.97 Å². The van der Waals surface area contributed by atoms with Crippen LogP contribution in [0.2, 0.25) is 0 Å². The topological polar surface area (TPSA) is 76.4 Å². The Morgan fingerprint density at radius 1 is 0.696 bits per heavy atom. The van der Waals surface area contributed by atoms with Gasteiger partial charge in [0.2, 0.25) is 0 Å². The molecule has 0 fully saturated rings. The van der Waals surface area contributed by atoms with Crippen LogP contribution < -0.4 is 0 Å². The summed E-state index contributed by atoms with van der Waals surface area (Å²) in [6.45, 7) is 6.80. The van der Waals surface area contributed by atoms with Crippen molar-refractivity contribution in [3.05, 3.63) is 155 Å². The van der Waals surface area contributed by atoms with E-state index in [2.05, 4.69) is 13.8 Å². The smallest absolute Gasteiger partial charge is 0.349 e. The van der Waals surface area contributed by atoms with Gasteiger partial charge in [-0.15, -0.1) is 0 Å². The number of hydrogen-bond acceptors (Lipinski definition) is 5. The molecule has 0 heterocycles. The van der Waals surface area contributed by atoms with Crippen molar-refractivity contribution in [2.45, 2.75) is 46.5 Å². The summed E-state index contributed by atoms with van der Waals surface area (Å²) in [6.07, 6.45) is 6.15. The molecule has 4 aromatic rings. The molecule has 0 radical (unpaired) electrons. The van der Waals surface area contributed by atoms with Crippen LogP contribution in [0.5, 0.6) is 0 Å². The molecule has 0 aromatic heterocycles. The Balaban J connectivity index is 0.000000254. The zero-order valence-electron chi connectivity index (χ0n) is 27.0. The van der Waals surface area contributed by atoms with Crippen molar-refractivity contribution in [2.24, 2.45) is 5.92 Å². The minimum Gasteiger partial charge on any atom is -0.462 e. The Labute approximate surface area is 273 Å². The molecule has 0 aliphatic carbocycles. The maximum absolute atomic E-state index is 12.4. The van der Waals surface area contributed by atoms with Gasteiger partial charge in [0, 0.05) is 11.6 Å². The highest BCUT2D eigenvalue weighted by Gasteiger charge is 2.19. The van der Waals surface area contributed by atoms with Crippen molar-refractivity contribution in [1.82, 2.24) is 0 Å². The van der Waals surface area contributed by atoms with Crippen LogP contribution in [0.3, 0.4) is 0 Å². The van der Waals surface area contributed by atoms with Gasteiger partial charge in [-0.05, 0) is 47.1 Å². The lowest BCUT2D eigenvalue weighted by molar-refractivity contribution is -0.139. The van der Waals surface area contributed by atoms with Gasteiger partial charge in [-0.1, -0.05) is 154 Å². The van der Waals surface area contributed by atoms with Gasteiger partial charge >= 0.3 is 11.9 Å². The van der Waals surface area contributed by atoms with E-state index in [9.17, 15) is 14.9 Å². The second-order valence-corrected chi connectivity index (χ2v) is 10.7. The van der Waals surface area contributed by atoms with Crippen molar-refractivity contribution >= 4 is 23.1 Å². The molecule has 46 heavy (non-hydrogen) atoms. The molecular weight excluding hydrogens is 570 g/mol. The van der Waals surface area contributed by atoms with Gasteiger partial charge < -0.3 is 9.47 Å². The number of carbonyl (C=O) groups excluding carboxylic acids is 2. The van der Waals surface area contributed by atoms with Gasteiger partial charge in [0.1, 0.15) is 11.6 Å². The Hall–Kier alpha value is -5.21. The van der Waals surface area contributed by atoms with E-state index >= 15 is 0 Å². The Bertz CT molecular complexity index is 1510. The molecule has 236 valence electrons. The highest BCUT2D eigenvalue weighted by atomic mass is 16.5. The predicted molar refractivity (Wildman–Crippen MR) is 185 cm³/mol. The third-order valence-electron chi connectivity index (χ3n) is 7.40. The number of nitrogens with zero attached hydrogens (tertiary/aromatic N) is 1. The van der Waals surface area contributed by atoms with E-state index in [1.807, 2.05) is 127 Å². The second-order valence-electron chi connectivity index (χ2n) is 10.7. The molecule has 0 saturated carbocycles. The Morgan fingerprint density at radius 2 is 1.15 bits per heavy atom. The van der Waals surface area contributed by atoms with Crippen LogP contribution in [-0.2, 0) is 19.1 Å². The summed E-state index contributed by atoms with van der Waals surface area (Å²) in [5.41, 5.74) is 5.17. The molecule has 5 heteroatoms. The zero-order valence-corrected chi connectivity index (χ0v) is 27.0. The minimum atomic E-state index is -0.595. The maximum atomic E-state index is 12.4. The third kappa shape index (κ3) is 11.1. The number of rotatable bonds is 13. The lowest BCUT2D eigenvalue weighted by Crippen LogP contribution is -2.12. The summed E-state index contributed by atoms with van der Waals surface area (Å²) in [7, 11) is 0. The third-order valence-corrected chi connectivity index (χ3v) is 7.40. The van der Waals surface area contributed by atoms with E-state index in [0.29, 0.717) is 18.1 Å². The first-order valence-electron chi connectivity index (χ1n) is 15.9. The molecule has 0 amide bonds. The van der Waals surface area contributed by atoms with Crippen molar-refractivity contribution in [1.29, 1.82) is 5.26 Å². The van der Waals surface area contributed by atoms with E-state index in [1.54, 1.807) is 13.0 Å². The maximum Gasteiger partial charge on any atom is 0.349 e. The quantitative estimate of drug-likeness (QED) is 0.0853. The van der Waals surface area contributed by atoms with Crippen LogP contribution in [0, 0.1) is 17.2 Å². The molecule has 0 saturated heterocycles. The minimum absolute atomic E-state index is 0.0225. The van der Waals surface area contributed by atoms with Gasteiger partial charge in [-0.25, -0.2) is 9.59 Å². The van der Waals surface area contributed by atoms with E-state index in [-0.39, 0.29) is 18.1 Å². The van der Waals surface area contributed by atoms with Crippen LogP contribution >= 0.6 is 0 Å². The largest absolute Gasteiger partial charge is 0.462 e. The van der Waals surface area contributed by atoms with E-state index in [1.165, 1.54) is 12.8 Å². The van der Waals surface area contributed by atoms with Gasteiger partial charge in [-0.3, -0.25) is 0 Å². The van der Waals surface area contributed by atoms with Crippen molar-refractivity contribution in [2.75, 3.05) is 13.2 Å². The average molecular weight is 614 g/mol. The van der Waals surface area contributed by atoms with Gasteiger partial charge in [0.15, 0.2) is 0 Å². The number of esters is 2. The molecule has 0 aliphatic rings. The molecule has 4 rings (SSSR count). The summed E-state index contributed by atoms with van der Waals surface area (Å²) in [6, 6.07) is 40.7.